The van der Waals surface area contributed by atoms with E-state index in [-0.39, 0.29) is 18.1 Å². The molecule has 0 radical (unpaired) electrons. The Hall–Kier alpha value is -1.07. The second-order valence-electron chi connectivity index (χ2n) is 5.97. The van der Waals surface area contributed by atoms with Gasteiger partial charge in [0, 0.05) is 24.2 Å². The predicted molar refractivity (Wildman–Crippen MR) is 89.5 cm³/mol. The zero-order valence-corrected chi connectivity index (χ0v) is 14.8. The monoisotopic (exact) mass is 356 g/mol. The summed E-state index contributed by atoms with van der Waals surface area (Å²) >= 11 is 3.49. The molecule has 0 unspecified atom stereocenters. The second kappa shape index (κ2) is 8.39. The molecular formula is C16H25BrN2O2. The molecule has 0 aliphatic carbocycles. The quantitative estimate of drug-likeness (QED) is 0.788. The molecule has 2 N–H and O–H groups in total. The smallest absolute Gasteiger partial charge is 0.257 e. The van der Waals surface area contributed by atoms with Gasteiger partial charge in [0.15, 0.2) is 6.61 Å². The van der Waals surface area contributed by atoms with Gasteiger partial charge in [-0.2, -0.15) is 0 Å². The summed E-state index contributed by atoms with van der Waals surface area (Å²) < 4.78 is 6.55. The molecule has 1 amide bonds. The lowest BCUT2D eigenvalue weighted by Gasteiger charge is -2.22. The molecule has 0 fully saturated rings. The summed E-state index contributed by atoms with van der Waals surface area (Å²) in [6.45, 7) is 9.76. The van der Waals surface area contributed by atoms with Crippen LogP contribution in [0.2, 0.25) is 0 Å². The van der Waals surface area contributed by atoms with Gasteiger partial charge in [-0.25, -0.2) is 0 Å². The molecule has 1 rings (SSSR count). The van der Waals surface area contributed by atoms with Gasteiger partial charge in [-0.3, -0.25) is 4.79 Å². The lowest BCUT2D eigenvalue weighted by atomic mass is 10.1. The van der Waals surface area contributed by atoms with Crippen LogP contribution in [-0.4, -0.2) is 24.6 Å². The van der Waals surface area contributed by atoms with Crippen molar-refractivity contribution < 1.29 is 9.53 Å². The molecule has 0 aromatic heterocycles. The molecule has 0 bridgehead atoms. The Bertz CT molecular complexity index is 470. The first-order chi connectivity index (χ1) is 9.83. The summed E-state index contributed by atoms with van der Waals surface area (Å²) in [5.41, 5.74) is 1.06. The first-order valence-corrected chi connectivity index (χ1v) is 8.04. The van der Waals surface area contributed by atoms with Crippen LogP contribution in [0, 0.1) is 0 Å². The number of carbonyl (C=O) groups excluding carboxylic acids is 1. The minimum Gasteiger partial charge on any atom is -0.482 e. The van der Waals surface area contributed by atoms with E-state index in [4.69, 9.17) is 4.74 Å². The minimum atomic E-state index is -0.0951. The van der Waals surface area contributed by atoms with Crippen molar-refractivity contribution in [2.24, 2.45) is 0 Å². The first kappa shape index (κ1) is 18.0. The molecular weight excluding hydrogens is 332 g/mol. The molecule has 0 saturated heterocycles. The van der Waals surface area contributed by atoms with Gasteiger partial charge in [0.05, 0.1) is 4.47 Å². The number of para-hydroxylation sites is 1. The molecule has 0 atom stereocenters. The average Bonchev–Trinajstić information content (AvgIpc) is 2.41. The summed E-state index contributed by atoms with van der Waals surface area (Å²) in [6, 6.07) is 5.89. The number of amides is 1. The Morgan fingerprint density at radius 1 is 1.33 bits per heavy atom. The molecule has 1 aromatic carbocycles. The Kier molecular flexibility index (Phi) is 7.18. The maximum Gasteiger partial charge on any atom is 0.257 e. The molecule has 0 spiro atoms. The Morgan fingerprint density at radius 3 is 2.67 bits per heavy atom. The molecule has 0 saturated carbocycles. The van der Waals surface area contributed by atoms with Crippen LogP contribution < -0.4 is 15.4 Å². The molecule has 0 heterocycles. The molecule has 0 aliphatic heterocycles. The number of ether oxygens (including phenoxy) is 1. The van der Waals surface area contributed by atoms with Crippen LogP contribution in [0.5, 0.6) is 5.75 Å². The van der Waals surface area contributed by atoms with Gasteiger partial charge >= 0.3 is 0 Å². The van der Waals surface area contributed by atoms with E-state index in [0.717, 1.165) is 22.2 Å². The van der Waals surface area contributed by atoms with Crippen LogP contribution in [0.15, 0.2) is 22.7 Å². The first-order valence-electron chi connectivity index (χ1n) is 7.25. The molecule has 5 heteroatoms. The lowest BCUT2D eigenvalue weighted by Crippen LogP contribution is -2.35. The lowest BCUT2D eigenvalue weighted by molar-refractivity contribution is -0.123. The number of halogens is 1. The van der Waals surface area contributed by atoms with Gasteiger partial charge in [-0.05, 0) is 49.2 Å². The molecule has 21 heavy (non-hydrogen) atoms. The zero-order valence-electron chi connectivity index (χ0n) is 13.3. The Labute approximate surface area is 135 Å². The second-order valence-corrected chi connectivity index (χ2v) is 6.82. The van der Waals surface area contributed by atoms with Crippen molar-refractivity contribution >= 4 is 21.8 Å². The highest BCUT2D eigenvalue weighted by Crippen LogP contribution is 2.29. The molecule has 118 valence electrons. The van der Waals surface area contributed by atoms with E-state index in [1.807, 2.05) is 25.1 Å². The third-order valence-electron chi connectivity index (χ3n) is 2.78. The number of benzene rings is 1. The summed E-state index contributed by atoms with van der Waals surface area (Å²) in [5, 5.41) is 6.23. The van der Waals surface area contributed by atoms with E-state index in [1.54, 1.807) is 0 Å². The van der Waals surface area contributed by atoms with Crippen LogP contribution in [0.25, 0.3) is 0 Å². The fraction of sp³-hybridized carbons (Fsp3) is 0.562. The van der Waals surface area contributed by atoms with E-state index in [9.17, 15) is 4.79 Å². The highest BCUT2D eigenvalue weighted by molar-refractivity contribution is 9.10. The van der Waals surface area contributed by atoms with Crippen molar-refractivity contribution in [2.45, 2.75) is 46.2 Å². The van der Waals surface area contributed by atoms with E-state index < -0.39 is 0 Å². The van der Waals surface area contributed by atoms with E-state index >= 15 is 0 Å². The molecule has 4 nitrogen and oxygen atoms in total. The van der Waals surface area contributed by atoms with Gasteiger partial charge in [0.25, 0.3) is 5.91 Å². The van der Waals surface area contributed by atoms with E-state index in [0.29, 0.717) is 13.1 Å². The summed E-state index contributed by atoms with van der Waals surface area (Å²) in [7, 11) is 0. The fourth-order valence-electron chi connectivity index (χ4n) is 1.67. The van der Waals surface area contributed by atoms with Crippen LogP contribution in [-0.2, 0) is 11.3 Å². The van der Waals surface area contributed by atoms with Crippen molar-refractivity contribution in [2.75, 3.05) is 13.2 Å². The third-order valence-corrected chi connectivity index (χ3v) is 3.40. The van der Waals surface area contributed by atoms with Gasteiger partial charge in [-0.1, -0.05) is 19.1 Å². The van der Waals surface area contributed by atoms with Crippen molar-refractivity contribution in [1.29, 1.82) is 0 Å². The Morgan fingerprint density at radius 2 is 2.05 bits per heavy atom. The minimum absolute atomic E-state index is 0.0259. The number of nitrogens with one attached hydrogen (secondary N) is 2. The predicted octanol–water partition coefficient (Wildman–Crippen LogP) is 3.24. The van der Waals surface area contributed by atoms with Gasteiger partial charge in [0.1, 0.15) is 5.75 Å². The fourth-order valence-corrected chi connectivity index (χ4v) is 2.19. The number of hydrogen-bond acceptors (Lipinski definition) is 3. The largest absolute Gasteiger partial charge is 0.482 e. The number of rotatable bonds is 7. The summed E-state index contributed by atoms with van der Waals surface area (Å²) in [6.07, 6.45) is 0.918. The maximum atomic E-state index is 11.6. The van der Waals surface area contributed by atoms with Gasteiger partial charge in [0.2, 0.25) is 0 Å². The maximum absolute atomic E-state index is 11.6. The zero-order chi connectivity index (χ0) is 15.9. The van der Waals surface area contributed by atoms with Crippen molar-refractivity contribution in [1.82, 2.24) is 10.6 Å². The highest BCUT2D eigenvalue weighted by atomic mass is 79.9. The summed E-state index contributed by atoms with van der Waals surface area (Å²) in [5.74, 6) is 0.628. The van der Waals surface area contributed by atoms with Crippen LogP contribution in [0.4, 0.5) is 0 Å². The molecule has 1 aromatic rings. The van der Waals surface area contributed by atoms with Crippen LogP contribution >= 0.6 is 15.9 Å². The Balaban J connectivity index is 2.69. The van der Waals surface area contributed by atoms with Crippen LogP contribution in [0.1, 0.15) is 39.7 Å². The number of hydrogen-bond donors (Lipinski definition) is 2. The van der Waals surface area contributed by atoms with Gasteiger partial charge < -0.3 is 15.4 Å². The van der Waals surface area contributed by atoms with E-state index in [2.05, 4.69) is 47.3 Å². The third kappa shape index (κ3) is 6.96. The van der Waals surface area contributed by atoms with Crippen molar-refractivity contribution in [3.8, 4) is 5.75 Å². The van der Waals surface area contributed by atoms with Crippen molar-refractivity contribution in [3.63, 3.8) is 0 Å². The van der Waals surface area contributed by atoms with Crippen molar-refractivity contribution in [3.05, 3.63) is 28.2 Å². The normalized spacial score (nSPS) is 11.3. The standard InChI is InChI=1S/C16H25BrN2O2/c1-5-9-18-14(20)11-21-15-12(7-6-8-13(15)17)10-19-16(2,3)4/h6-8,19H,5,9-11H2,1-4H3,(H,18,20). The molecule has 0 aliphatic rings. The highest BCUT2D eigenvalue weighted by Gasteiger charge is 2.13. The average molecular weight is 357 g/mol. The van der Waals surface area contributed by atoms with E-state index in [1.165, 1.54) is 0 Å². The number of carbonyl (C=O) groups is 1. The topological polar surface area (TPSA) is 50.4 Å². The summed E-state index contributed by atoms with van der Waals surface area (Å²) in [4.78, 5) is 11.6. The SMILES string of the molecule is CCCNC(=O)COc1c(Br)cccc1CNC(C)(C)C. The van der Waals surface area contributed by atoms with Gasteiger partial charge in [-0.15, -0.1) is 0 Å². The van der Waals surface area contributed by atoms with Crippen LogP contribution in [0.3, 0.4) is 0 Å².